The lowest BCUT2D eigenvalue weighted by molar-refractivity contribution is -0.170. The zero-order valence-corrected chi connectivity index (χ0v) is 20.0. The molecule has 0 bridgehead atoms. The molecule has 1 amide bonds. The van der Waals surface area contributed by atoms with E-state index in [4.69, 9.17) is 25.2 Å². The molecule has 200 valence electrons. The molecule has 3 rings (SSSR count). The monoisotopic (exact) mass is 512 g/mol. The topological polar surface area (TPSA) is 211 Å². The van der Waals surface area contributed by atoms with Crippen LogP contribution in [0.5, 0.6) is 0 Å². The fourth-order valence-electron chi connectivity index (χ4n) is 3.82. The molecule has 2 aliphatic rings. The van der Waals surface area contributed by atoms with E-state index in [9.17, 15) is 24.3 Å². The van der Waals surface area contributed by atoms with Gasteiger partial charge in [-0.1, -0.05) is 6.92 Å². The van der Waals surface area contributed by atoms with Gasteiger partial charge in [0.25, 0.3) is 5.91 Å². The normalized spacial score (nSPS) is 17.8. The summed E-state index contributed by atoms with van der Waals surface area (Å²) in [5.41, 5.74) is -1.36. The minimum atomic E-state index is -2.74. The van der Waals surface area contributed by atoms with E-state index in [1.54, 1.807) is 11.1 Å². The highest BCUT2D eigenvalue weighted by atomic mass is 16.5. The fraction of sp³-hybridized carbons (Fsp3) is 0.636. The number of carboxylic acid groups (broad SMARTS) is 3. The minimum absolute atomic E-state index is 0.0219. The SMILES string of the molecule is CCc1nc(N2CCOCC2)ncc1C(=O)N1CCC(CO)C1.O=C(O)CC(O)(CC(=O)O)C(=O)O. The first kappa shape index (κ1) is 28.9. The second-order valence-corrected chi connectivity index (χ2v) is 8.55. The molecule has 0 aromatic carbocycles. The van der Waals surface area contributed by atoms with E-state index in [1.807, 2.05) is 6.92 Å². The van der Waals surface area contributed by atoms with E-state index < -0.39 is 36.4 Å². The lowest BCUT2D eigenvalue weighted by Crippen LogP contribution is -2.42. The van der Waals surface area contributed by atoms with Gasteiger partial charge in [-0.15, -0.1) is 0 Å². The molecule has 1 aromatic rings. The Labute approximate surface area is 207 Å². The number of aromatic nitrogens is 2. The number of rotatable bonds is 9. The van der Waals surface area contributed by atoms with Gasteiger partial charge < -0.3 is 40.1 Å². The predicted molar refractivity (Wildman–Crippen MR) is 123 cm³/mol. The highest BCUT2D eigenvalue weighted by molar-refractivity contribution is 5.95. The third-order valence-electron chi connectivity index (χ3n) is 5.83. The van der Waals surface area contributed by atoms with Gasteiger partial charge in [-0.2, -0.15) is 0 Å². The van der Waals surface area contributed by atoms with E-state index in [0.29, 0.717) is 44.2 Å². The Bertz CT molecular complexity index is 935. The van der Waals surface area contributed by atoms with Gasteiger partial charge in [0.05, 0.1) is 37.3 Å². The summed E-state index contributed by atoms with van der Waals surface area (Å²) in [6.07, 6.45) is 0.920. The average Bonchev–Trinajstić information content (AvgIpc) is 3.32. The number of likely N-dealkylation sites (tertiary alicyclic amines) is 1. The number of aliphatic carboxylic acids is 3. The van der Waals surface area contributed by atoms with Crippen LogP contribution in [0.1, 0.15) is 42.2 Å². The van der Waals surface area contributed by atoms with Gasteiger partial charge in [0.2, 0.25) is 5.95 Å². The van der Waals surface area contributed by atoms with Crippen molar-refractivity contribution in [1.29, 1.82) is 0 Å². The molecular formula is C22H32N4O10. The highest BCUT2D eigenvalue weighted by Gasteiger charge is 2.40. The second-order valence-electron chi connectivity index (χ2n) is 8.55. The first-order valence-corrected chi connectivity index (χ1v) is 11.5. The van der Waals surface area contributed by atoms with Crippen molar-refractivity contribution in [1.82, 2.24) is 14.9 Å². The number of hydrogen-bond acceptors (Lipinski definition) is 10. The second kappa shape index (κ2) is 13.1. The lowest BCUT2D eigenvalue weighted by Gasteiger charge is -2.27. The van der Waals surface area contributed by atoms with Gasteiger partial charge in [-0.05, 0) is 12.8 Å². The molecule has 2 aliphatic heterocycles. The van der Waals surface area contributed by atoms with Crippen LogP contribution < -0.4 is 4.90 Å². The van der Waals surface area contributed by atoms with Crippen LogP contribution in [-0.2, 0) is 25.5 Å². The number of aliphatic hydroxyl groups excluding tert-OH is 1. The number of hydrogen-bond donors (Lipinski definition) is 5. The Morgan fingerprint density at radius 3 is 2.17 bits per heavy atom. The number of carbonyl (C=O) groups excluding carboxylic acids is 1. The standard InChI is InChI=1S/C16H24N4O3.C6H8O7/c1-2-14-13(15(22)20-4-3-12(10-20)11-21)9-17-16(18-14)19-5-7-23-8-6-19;7-3(8)1-6(13,5(11)12)2-4(9)10/h9,12,21H,2-8,10-11H2,1H3;13H,1-2H2,(H,7,8)(H,9,10)(H,11,12). The molecule has 2 fully saturated rings. The van der Waals surface area contributed by atoms with Crippen LogP contribution in [0.4, 0.5) is 5.95 Å². The first-order chi connectivity index (χ1) is 17.0. The van der Waals surface area contributed by atoms with Gasteiger partial charge in [0, 0.05) is 44.9 Å². The Morgan fingerprint density at radius 2 is 1.69 bits per heavy atom. The summed E-state index contributed by atoms with van der Waals surface area (Å²) in [4.78, 5) is 56.1. The Balaban J connectivity index is 0.000000302. The van der Waals surface area contributed by atoms with Crippen molar-refractivity contribution in [3.8, 4) is 0 Å². The van der Waals surface area contributed by atoms with Gasteiger partial charge in [-0.3, -0.25) is 14.4 Å². The number of anilines is 1. The molecule has 0 radical (unpaired) electrons. The van der Waals surface area contributed by atoms with Crippen molar-refractivity contribution >= 4 is 29.8 Å². The highest BCUT2D eigenvalue weighted by Crippen LogP contribution is 2.21. The summed E-state index contributed by atoms with van der Waals surface area (Å²) < 4.78 is 5.35. The number of carbonyl (C=O) groups is 4. The maximum Gasteiger partial charge on any atom is 0.336 e. The third-order valence-corrected chi connectivity index (χ3v) is 5.83. The zero-order chi connectivity index (χ0) is 26.9. The van der Waals surface area contributed by atoms with Crippen molar-refractivity contribution in [3.05, 3.63) is 17.5 Å². The minimum Gasteiger partial charge on any atom is -0.481 e. The molecule has 36 heavy (non-hydrogen) atoms. The molecule has 0 spiro atoms. The summed E-state index contributed by atoms with van der Waals surface area (Å²) in [6, 6.07) is 0. The fourth-order valence-corrected chi connectivity index (χ4v) is 3.82. The van der Waals surface area contributed by atoms with E-state index in [-0.39, 0.29) is 18.4 Å². The van der Waals surface area contributed by atoms with Crippen molar-refractivity contribution in [3.63, 3.8) is 0 Å². The molecular weight excluding hydrogens is 480 g/mol. The van der Waals surface area contributed by atoms with E-state index >= 15 is 0 Å². The molecule has 1 aromatic heterocycles. The Morgan fingerprint density at radius 1 is 1.08 bits per heavy atom. The summed E-state index contributed by atoms with van der Waals surface area (Å²) in [6.45, 7) is 6.37. The molecule has 0 aliphatic carbocycles. The van der Waals surface area contributed by atoms with Crippen LogP contribution in [0.3, 0.4) is 0 Å². The molecule has 1 atom stereocenters. The smallest absolute Gasteiger partial charge is 0.336 e. The van der Waals surface area contributed by atoms with Crippen molar-refractivity contribution < 1.29 is 49.4 Å². The molecule has 1 unspecified atom stereocenters. The average molecular weight is 513 g/mol. The van der Waals surface area contributed by atoms with Crippen LogP contribution in [0, 0.1) is 5.92 Å². The van der Waals surface area contributed by atoms with E-state index in [0.717, 1.165) is 25.2 Å². The number of aliphatic hydroxyl groups is 2. The molecule has 3 heterocycles. The Kier molecular flexibility index (Phi) is 10.5. The van der Waals surface area contributed by atoms with Crippen molar-refractivity contribution in [2.24, 2.45) is 5.92 Å². The number of ether oxygens (including phenoxy) is 1. The van der Waals surface area contributed by atoms with E-state index in [1.165, 1.54) is 0 Å². The van der Waals surface area contributed by atoms with Crippen LogP contribution in [0.15, 0.2) is 6.20 Å². The molecule has 2 saturated heterocycles. The van der Waals surface area contributed by atoms with Gasteiger partial charge >= 0.3 is 17.9 Å². The maximum atomic E-state index is 12.7. The first-order valence-electron chi connectivity index (χ1n) is 11.5. The number of morpholine rings is 1. The van der Waals surface area contributed by atoms with Crippen LogP contribution in [-0.4, -0.2) is 116 Å². The maximum absolute atomic E-state index is 12.7. The third kappa shape index (κ3) is 7.83. The number of amides is 1. The summed E-state index contributed by atoms with van der Waals surface area (Å²) >= 11 is 0. The van der Waals surface area contributed by atoms with Gasteiger partial charge in [-0.25, -0.2) is 14.8 Å². The summed E-state index contributed by atoms with van der Waals surface area (Å²) in [5.74, 6) is -4.17. The van der Waals surface area contributed by atoms with Crippen LogP contribution in [0.25, 0.3) is 0 Å². The Hall–Kier alpha value is -3.36. The van der Waals surface area contributed by atoms with Gasteiger partial charge in [0.15, 0.2) is 5.60 Å². The van der Waals surface area contributed by atoms with Crippen molar-refractivity contribution in [2.45, 2.75) is 38.2 Å². The quantitative estimate of drug-likeness (QED) is 0.271. The van der Waals surface area contributed by atoms with Crippen LogP contribution in [0.2, 0.25) is 0 Å². The molecule has 0 saturated carbocycles. The predicted octanol–water partition coefficient (Wildman–Crippen LogP) is -0.918. The molecule has 14 heteroatoms. The van der Waals surface area contributed by atoms with Gasteiger partial charge in [0.1, 0.15) is 0 Å². The van der Waals surface area contributed by atoms with Crippen LogP contribution >= 0.6 is 0 Å². The van der Waals surface area contributed by atoms with E-state index in [2.05, 4.69) is 14.9 Å². The molecule has 14 nitrogen and oxygen atoms in total. The number of carboxylic acids is 3. The largest absolute Gasteiger partial charge is 0.481 e. The lowest BCUT2D eigenvalue weighted by atomic mass is 9.96. The zero-order valence-electron chi connectivity index (χ0n) is 20.0. The number of nitrogens with zero attached hydrogens (tertiary/aromatic N) is 4. The summed E-state index contributed by atoms with van der Waals surface area (Å²) in [7, 11) is 0. The van der Waals surface area contributed by atoms with Crippen molar-refractivity contribution in [2.75, 3.05) is 50.9 Å². The number of aryl methyl sites for hydroxylation is 1. The summed E-state index contributed by atoms with van der Waals surface area (Å²) in [5, 5.41) is 43.1. The molecule has 5 N–H and O–H groups in total.